The number of hydrazone groups is 1. The third-order valence-electron chi connectivity index (χ3n) is 4.51. The summed E-state index contributed by atoms with van der Waals surface area (Å²) >= 11 is 3.41. The second-order valence-electron chi connectivity index (χ2n) is 6.52. The average molecular weight is 445 g/mol. The predicted molar refractivity (Wildman–Crippen MR) is 115 cm³/mol. The fourth-order valence-electron chi connectivity index (χ4n) is 3.04. The normalized spacial score (nSPS) is 15.4. The lowest BCUT2D eigenvalue weighted by atomic mass is 10.2. The van der Waals surface area contributed by atoms with Crippen LogP contribution in [0.2, 0.25) is 0 Å². The zero-order chi connectivity index (χ0) is 19.8. The first-order valence-electron chi connectivity index (χ1n) is 9.43. The van der Waals surface area contributed by atoms with E-state index in [-0.39, 0.29) is 0 Å². The highest BCUT2D eigenvalue weighted by Gasteiger charge is 2.25. The highest BCUT2D eigenvalue weighted by atomic mass is 79.9. The molecule has 2 aromatic rings. The van der Waals surface area contributed by atoms with Gasteiger partial charge in [-0.05, 0) is 36.8 Å². The predicted octanol–water partition coefficient (Wildman–Crippen LogP) is 3.56. The molecule has 0 atom stereocenters. The van der Waals surface area contributed by atoms with Crippen molar-refractivity contribution in [1.82, 2.24) is 9.80 Å². The summed E-state index contributed by atoms with van der Waals surface area (Å²) in [5, 5.41) is 4.36. The Hall–Kier alpha value is -2.38. The van der Waals surface area contributed by atoms with Crippen molar-refractivity contribution in [2.45, 2.75) is 13.5 Å². The molecule has 7 heteroatoms. The minimum atomic E-state index is -0.399. The highest BCUT2D eigenvalue weighted by molar-refractivity contribution is 9.10. The Balaban J connectivity index is 1.63. The molecular formula is C21H25BrN4O2. The molecule has 1 aliphatic rings. The molecule has 1 saturated heterocycles. The van der Waals surface area contributed by atoms with Crippen molar-refractivity contribution in [3.05, 3.63) is 64.6 Å². The van der Waals surface area contributed by atoms with E-state index in [2.05, 4.69) is 55.6 Å². The zero-order valence-corrected chi connectivity index (χ0v) is 17.6. The number of rotatable bonds is 5. The molecule has 1 N–H and O–H groups in total. The summed E-state index contributed by atoms with van der Waals surface area (Å²) in [5.74, 6) is -0.0762. The van der Waals surface area contributed by atoms with E-state index in [1.54, 1.807) is 6.92 Å². The monoisotopic (exact) mass is 444 g/mol. The van der Waals surface area contributed by atoms with E-state index in [0.29, 0.717) is 12.4 Å². The molecule has 1 heterocycles. The van der Waals surface area contributed by atoms with Crippen LogP contribution in [0, 0.1) is 0 Å². The number of halogens is 1. The first kappa shape index (κ1) is 20.4. The van der Waals surface area contributed by atoms with Gasteiger partial charge in [0.1, 0.15) is 0 Å². The molecule has 148 valence electrons. The summed E-state index contributed by atoms with van der Waals surface area (Å²) in [6, 6.07) is 18.1. The van der Waals surface area contributed by atoms with E-state index in [0.717, 1.165) is 42.9 Å². The highest BCUT2D eigenvalue weighted by Crippen LogP contribution is 2.15. The Kier molecular flexibility index (Phi) is 7.45. The lowest BCUT2D eigenvalue weighted by Crippen LogP contribution is -2.50. The van der Waals surface area contributed by atoms with E-state index < -0.39 is 5.97 Å². The molecule has 2 aromatic carbocycles. The smallest absolute Gasteiger partial charge is 0.375 e. The third kappa shape index (κ3) is 5.81. The Bertz CT molecular complexity index is 788. The van der Waals surface area contributed by atoms with Crippen LogP contribution < -0.4 is 5.43 Å². The van der Waals surface area contributed by atoms with Gasteiger partial charge in [0.2, 0.25) is 5.84 Å². The number of nitrogens with one attached hydrogen (secondary N) is 1. The van der Waals surface area contributed by atoms with Gasteiger partial charge in [0, 0.05) is 37.2 Å². The maximum absolute atomic E-state index is 12.4. The first-order chi connectivity index (χ1) is 13.7. The summed E-state index contributed by atoms with van der Waals surface area (Å²) in [6.45, 7) is 6.23. The maximum atomic E-state index is 12.4. The Morgan fingerprint density at radius 3 is 2.39 bits per heavy atom. The first-order valence-corrected chi connectivity index (χ1v) is 10.2. The number of benzene rings is 2. The van der Waals surface area contributed by atoms with Gasteiger partial charge in [0.05, 0.1) is 12.3 Å². The van der Waals surface area contributed by atoms with E-state index in [9.17, 15) is 4.79 Å². The zero-order valence-electron chi connectivity index (χ0n) is 16.0. The molecule has 0 saturated carbocycles. The van der Waals surface area contributed by atoms with Crippen molar-refractivity contribution in [2.75, 3.05) is 38.2 Å². The number of piperazine rings is 1. The second-order valence-corrected chi connectivity index (χ2v) is 7.44. The van der Waals surface area contributed by atoms with Gasteiger partial charge in [-0.3, -0.25) is 10.3 Å². The lowest BCUT2D eigenvalue weighted by Gasteiger charge is -2.35. The van der Waals surface area contributed by atoms with Crippen molar-refractivity contribution in [3.8, 4) is 0 Å². The molecule has 0 spiro atoms. The Morgan fingerprint density at radius 1 is 1.07 bits per heavy atom. The van der Waals surface area contributed by atoms with Gasteiger partial charge in [-0.15, -0.1) is 5.10 Å². The van der Waals surface area contributed by atoms with E-state index >= 15 is 0 Å². The van der Waals surface area contributed by atoms with E-state index in [1.807, 2.05) is 35.2 Å². The van der Waals surface area contributed by atoms with Crippen molar-refractivity contribution in [3.63, 3.8) is 0 Å². The lowest BCUT2D eigenvalue weighted by molar-refractivity contribution is -0.136. The summed E-state index contributed by atoms with van der Waals surface area (Å²) in [4.78, 5) is 16.8. The van der Waals surface area contributed by atoms with Crippen LogP contribution in [-0.2, 0) is 16.1 Å². The minimum Gasteiger partial charge on any atom is -0.460 e. The molecule has 0 amide bonds. The number of ether oxygens (including phenoxy) is 1. The van der Waals surface area contributed by atoms with Crippen molar-refractivity contribution < 1.29 is 9.53 Å². The molecule has 0 unspecified atom stereocenters. The fourth-order valence-corrected chi connectivity index (χ4v) is 3.31. The topological polar surface area (TPSA) is 57.2 Å². The number of amidine groups is 1. The van der Waals surface area contributed by atoms with Crippen LogP contribution in [-0.4, -0.2) is 54.4 Å². The van der Waals surface area contributed by atoms with Crippen molar-refractivity contribution in [2.24, 2.45) is 5.10 Å². The second kappa shape index (κ2) is 10.2. The Labute approximate surface area is 174 Å². The van der Waals surface area contributed by atoms with Crippen LogP contribution in [0.5, 0.6) is 0 Å². The quantitative estimate of drug-likeness (QED) is 0.330. The van der Waals surface area contributed by atoms with Crippen molar-refractivity contribution >= 4 is 33.4 Å². The summed E-state index contributed by atoms with van der Waals surface area (Å²) in [7, 11) is 0. The van der Waals surface area contributed by atoms with Gasteiger partial charge < -0.3 is 9.64 Å². The number of hydrogen-bond donors (Lipinski definition) is 1. The van der Waals surface area contributed by atoms with Gasteiger partial charge in [-0.2, -0.15) is 0 Å². The van der Waals surface area contributed by atoms with Crippen LogP contribution in [0.3, 0.4) is 0 Å². The number of esters is 1. The van der Waals surface area contributed by atoms with Gasteiger partial charge in [-0.1, -0.05) is 46.3 Å². The summed E-state index contributed by atoms with van der Waals surface area (Å²) < 4.78 is 6.20. The summed E-state index contributed by atoms with van der Waals surface area (Å²) in [5.41, 5.74) is 5.08. The van der Waals surface area contributed by atoms with Crippen LogP contribution in [0.25, 0.3) is 0 Å². The number of anilines is 1. The molecular weight excluding hydrogens is 420 g/mol. The SMILES string of the molecule is CCOC(=O)/C(=N\Nc1ccc(Br)cc1)N1CCN(Cc2ccccc2)CC1. The summed E-state index contributed by atoms with van der Waals surface area (Å²) in [6.07, 6.45) is 0. The maximum Gasteiger partial charge on any atom is 0.375 e. The molecule has 0 aliphatic carbocycles. The van der Waals surface area contributed by atoms with Gasteiger partial charge in [-0.25, -0.2) is 4.79 Å². The van der Waals surface area contributed by atoms with E-state index in [1.165, 1.54) is 5.56 Å². The van der Waals surface area contributed by atoms with Crippen LogP contribution >= 0.6 is 15.9 Å². The number of nitrogens with zero attached hydrogens (tertiary/aromatic N) is 3. The van der Waals surface area contributed by atoms with Crippen molar-refractivity contribution in [1.29, 1.82) is 0 Å². The molecule has 1 aliphatic heterocycles. The van der Waals surface area contributed by atoms with Crippen LogP contribution in [0.1, 0.15) is 12.5 Å². The molecule has 1 fully saturated rings. The average Bonchev–Trinajstić information content (AvgIpc) is 2.72. The molecule has 3 rings (SSSR count). The van der Waals surface area contributed by atoms with Crippen LogP contribution in [0.4, 0.5) is 5.69 Å². The third-order valence-corrected chi connectivity index (χ3v) is 5.04. The van der Waals surface area contributed by atoms with E-state index in [4.69, 9.17) is 4.74 Å². The number of hydrogen-bond acceptors (Lipinski definition) is 5. The largest absolute Gasteiger partial charge is 0.460 e. The number of carbonyl (C=O) groups is 1. The van der Waals surface area contributed by atoms with Crippen LogP contribution in [0.15, 0.2) is 64.2 Å². The molecule has 0 bridgehead atoms. The minimum absolute atomic E-state index is 0.323. The standard InChI is InChI=1S/C21H25BrN4O2/c1-2-28-21(27)20(24-23-19-10-8-18(22)9-11-19)26-14-12-25(13-15-26)16-17-6-4-3-5-7-17/h3-11,23H,2,12-16H2,1H3/b24-20+. The molecule has 6 nitrogen and oxygen atoms in total. The van der Waals surface area contributed by atoms with Gasteiger partial charge in [0.15, 0.2) is 0 Å². The fraction of sp³-hybridized carbons (Fsp3) is 0.333. The Morgan fingerprint density at radius 2 is 1.75 bits per heavy atom. The number of carbonyl (C=O) groups excluding carboxylic acids is 1. The molecule has 28 heavy (non-hydrogen) atoms. The van der Waals surface area contributed by atoms with Gasteiger partial charge in [0.25, 0.3) is 0 Å². The molecule has 0 aromatic heterocycles. The molecule has 0 radical (unpaired) electrons. The van der Waals surface area contributed by atoms with Gasteiger partial charge >= 0.3 is 5.97 Å².